The molecule has 9 nitrogen and oxygen atoms in total. The second-order valence-electron chi connectivity index (χ2n) is 8.62. The number of hydrogen-bond donors (Lipinski definition) is 5. The van der Waals surface area contributed by atoms with Crippen molar-refractivity contribution in [2.45, 2.75) is 45.9 Å². The molecule has 6 N–H and O–H groups in total. The van der Waals surface area contributed by atoms with Crippen molar-refractivity contribution in [3.8, 4) is 5.75 Å². The number of carboxylic acid groups (broad SMARTS) is 2. The Kier molecular flexibility index (Phi) is 11.4. The van der Waals surface area contributed by atoms with Crippen LogP contribution in [-0.4, -0.2) is 81.8 Å². The van der Waals surface area contributed by atoms with E-state index in [1.807, 2.05) is 19.1 Å². The average molecular weight is 476 g/mol. The van der Waals surface area contributed by atoms with Crippen molar-refractivity contribution in [3.63, 3.8) is 0 Å². The van der Waals surface area contributed by atoms with Crippen LogP contribution in [0.15, 0.2) is 18.2 Å². The number of likely N-dealkylation sites (tertiary alicyclic amines) is 1. The molecule has 1 aliphatic heterocycles. The van der Waals surface area contributed by atoms with E-state index in [-0.39, 0.29) is 0 Å². The molecular weight excluding hydrogens is 440 g/mol. The predicted octanol–water partition coefficient (Wildman–Crippen LogP) is 1.57. The Hall–Kier alpha value is -1.91. The summed E-state index contributed by atoms with van der Waals surface area (Å²) in [5, 5.41) is 33.3. The number of hydrogen-bond acceptors (Lipinski definition) is 6. The van der Waals surface area contributed by atoms with E-state index in [0.717, 1.165) is 28.3 Å². The highest BCUT2D eigenvalue weighted by Gasteiger charge is 2.38. The van der Waals surface area contributed by atoms with Gasteiger partial charge in [-0.25, -0.2) is 9.59 Å². The number of ether oxygens (including phenoxy) is 1. The average Bonchev–Trinajstić information content (AvgIpc) is 3.11. The zero-order valence-corrected chi connectivity index (χ0v) is 19.7. The molecule has 0 aromatic heterocycles. The Balaban J connectivity index is 0.000000433. The lowest BCUT2D eigenvalue weighted by Gasteiger charge is -2.37. The quantitative estimate of drug-likeness (QED) is 0.320. The van der Waals surface area contributed by atoms with Gasteiger partial charge in [-0.05, 0) is 25.1 Å². The third kappa shape index (κ3) is 8.55. The Morgan fingerprint density at radius 2 is 1.81 bits per heavy atom. The predicted molar refractivity (Wildman–Crippen MR) is 120 cm³/mol. The van der Waals surface area contributed by atoms with Crippen LogP contribution in [0.25, 0.3) is 0 Å². The monoisotopic (exact) mass is 475 g/mol. The molecule has 0 saturated carbocycles. The summed E-state index contributed by atoms with van der Waals surface area (Å²) in [6, 6.07) is 6.05. The van der Waals surface area contributed by atoms with Gasteiger partial charge in [0.2, 0.25) is 0 Å². The standard InChI is InChI=1S/C18H30ClN2O.C4H6O6/c1-4-22-18-9-17(19)6-5-16(18)13-21(11-14(2)3)8-7-15(10-20)12-21;5-1(3(7)8)2(6)4(9)10/h5-6,9,14-15H,4,7-8,10-13,20H2,1-3H3;1-2,5-6H,(H,7,8)(H,9,10)/q+1;/t15-,21?;/m0./s1. The number of carbonyl (C=O) groups is 2. The third-order valence-corrected chi connectivity index (χ3v) is 5.62. The van der Waals surface area contributed by atoms with Crippen LogP contribution in [0.5, 0.6) is 5.75 Å². The van der Waals surface area contributed by atoms with E-state index < -0.39 is 24.1 Å². The van der Waals surface area contributed by atoms with Gasteiger partial charge in [0.05, 0.1) is 26.2 Å². The summed E-state index contributed by atoms with van der Waals surface area (Å²) in [5.74, 6) is -1.27. The van der Waals surface area contributed by atoms with Gasteiger partial charge in [-0.3, -0.25) is 0 Å². The summed E-state index contributed by atoms with van der Waals surface area (Å²) in [6.45, 7) is 12.7. The molecule has 4 atom stereocenters. The van der Waals surface area contributed by atoms with Gasteiger partial charge in [0.15, 0.2) is 12.2 Å². The van der Waals surface area contributed by atoms with Crippen molar-refractivity contribution in [2.24, 2.45) is 17.6 Å². The molecule has 3 unspecified atom stereocenters. The van der Waals surface area contributed by atoms with Crippen LogP contribution in [0.1, 0.15) is 32.8 Å². The maximum atomic E-state index is 9.77. The fourth-order valence-corrected chi connectivity index (χ4v) is 4.27. The SMILES string of the molecule is CCOc1cc(Cl)ccc1C[N+]1(CC(C)C)CC[C@@H](CN)C1.O=C(O)C(O)C(O)C(=O)O. The minimum atomic E-state index is -2.27. The zero-order chi connectivity index (χ0) is 24.5. The normalized spacial score (nSPS) is 22.1. The molecule has 0 spiro atoms. The van der Waals surface area contributed by atoms with Crippen LogP contribution < -0.4 is 10.5 Å². The van der Waals surface area contributed by atoms with E-state index in [1.54, 1.807) is 0 Å². The first-order valence-electron chi connectivity index (χ1n) is 10.7. The van der Waals surface area contributed by atoms with Gasteiger partial charge in [-0.15, -0.1) is 0 Å². The maximum Gasteiger partial charge on any atom is 0.335 e. The number of halogens is 1. The molecule has 1 saturated heterocycles. The van der Waals surface area contributed by atoms with E-state index in [4.69, 9.17) is 42.5 Å². The molecule has 1 aromatic carbocycles. The number of benzene rings is 1. The van der Waals surface area contributed by atoms with E-state index in [9.17, 15) is 9.59 Å². The molecule has 182 valence electrons. The van der Waals surface area contributed by atoms with Gasteiger partial charge >= 0.3 is 11.9 Å². The molecule has 1 aromatic rings. The molecule has 10 heteroatoms. The minimum absolute atomic E-state index is 0.654. The van der Waals surface area contributed by atoms with Gasteiger partial charge < -0.3 is 35.4 Å². The van der Waals surface area contributed by atoms with Crippen molar-refractivity contribution in [2.75, 3.05) is 32.8 Å². The fraction of sp³-hybridized carbons (Fsp3) is 0.636. The van der Waals surface area contributed by atoms with Crippen LogP contribution in [-0.2, 0) is 16.1 Å². The Morgan fingerprint density at radius 1 is 1.22 bits per heavy atom. The summed E-state index contributed by atoms with van der Waals surface area (Å²) in [5.41, 5.74) is 7.19. The minimum Gasteiger partial charge on any atom is -0.493 e. The lowest BCUT2D eigenvalue weighted by molar-refractivity contribution is -0.933. The lowest BCUT2D eigenvalue weighted by Crippen LogP contribution is -2.48. The van der Waals surface area contributed by atoms with Crippen LogP contribution in [0, 0.1) is 11.8 Å². The number of nitrogens with two attached hydrogens (primary N) is 1. The number of aliphatic hydroxyl groups excluding tert-OH is 2. The molecule has 0 aliphatic carbocycles. The van der Waals surface area contributed by atoms with Crippen molar-refractivity contribution in [1.82, 2.24) is 0 Å². The first kappa shape index (κ1) is 28.1. The van der Waals surface area contributed by atoms with Crippen LogP contribution >= 0.6 is 11.6 Å². The van der Waals surface area contributed by atoms with Gasteiger partial charge in [0.1, 0.15) is 12.3 Å². The highest BCUT2D eigenvalue weighted by molar-refractivity contribution is 6.30. The van der Waals surface area contributed by atoms with Crippen LogP contribution in [0.2, 0.25) is 5.02 Å². The first-order valence-corrected chi connectivity index (χ1v) is 11.1. The number of aliphatic hydroxyl groups is 2. The molecule has 1 fully saturated rings. The number of nitrogens with zero attached hydrogens (tertiary/aromatic N) is 1. The molecule has 2 rings (SSSR count). The summed E-state index contributed by atoms with van der Waals surface area (Å²) < 4.78 is 6.94. The number of rotatable bonds is 10. The Morgan fingerprint density at radius 3 is 2.25 bits per heavy atom. The van der Waals surface area contributed by atoms with E-state index >= 15 is 0 Å². The summed E-state index contributed by atoms with van der Waals surface area (Å²) in [4.78, 5) is 19.5. The molecule has 1 heterocycles. The Bertz CT molecular complexity index is 744. The highest BCUT2D eigenvalue weighted by atomic mass is 35.5. The number of quaternary nitrogens is 1. The van der Waals surface area contributed by atoms with E-state index in [0.29, 0.717) is 18.4 Å². The fourth-order valence-electron chi connectivity index (χ4n) is 4.11. The molecule has 0 radical (unpaired) electrons. The van der Waals surface area contributed by atoms with E-state index in [1.165, 1.54) is 31.6 Å². The summed E-state index contributed by atoms with van der Waals surface area (Å²) in [7, 11) is 0. The topological polar surface area (TPSA) is 150 Å². The lowest BCUT2D eigenvalue weighted by atomic mass is 10.1. The molecule has 0 bridgehead atoms. The van der Waals surface area contributed by atoms with Crippen LogP contribution in [0.4, 0.5) is 0 Å². The first-order chi connectivity index (χ1) is 14.9. The second-order valence-corrected chi connectivity index (χ2v) is 9.06. The van der Waals surface area contributed by atoms with Crippen LogP contribution in [0.3, 0.4) is 0 Å². The molecule has 0 amide bonds. The number of aliphatic carboxylic acids is 2. The number of carboxylic acids is 2. The zero-order valence-electron chi connectivity index (χ0n) is 18.9. The Labute approximate surface area is 193 Å². The van der Waals surface area contributed by atoms with Crippen molar-refractivity contribution >= 4 is 23.5 Å². The van der Waals surface area contributed by atoms with Crippen molar-refractivity contribution < 1.29 is 39.2 Å². The highest BCUT2D eigenvalue weighted by Crippen LogP contribution is 2.32. The van der Waals surface area contributed by atoms with Crippen molar-refractivity contribution in [3.05, 3.63) is 28.8 Å². The molecule has 1 aliphatic rings. The molecular formula is C22H36ClN2O7+. The summed E-state index contributed by atoms with van der Waals surface area (Å²) in [6.07, 6.45) is -3.30. The van der Waals surface area contributed by atoms with Gasteiger partial charge in [-0.2, -0.15) is 0 Å². The van der Waals surface area contributed by atoms with E-state index in [2.05, 4.69) is 19.9 Å². The maximum absolute atomic E-state index is 9.77. The van der Waals surface area contributed by atoms with Crippen molar-refractivity contribution in [1.29, 1.82) is 0 Å². The van der Waals surface area contributed by atoms with Gasteiger partial charge in [0.25, 0.3) is 0 Å². The van der Waals surface area contributed by atoms with Gasteiger partial charge in [-0.1, -0.05) is 25.4 Å². The second kappa shape index (κ2) is 13.0. The summed E-state index contributed by atoms with van der Waals surface area (Å²) >= 11 is 6.13. The third-order valence-electron chi connectivity index (χ3n) is 5.38. The smallest absolute Gasteiger partial charge is 0.335 e. The largest absolute Gasteiger partial charge is 0.493 e. The van der Waals surface area contributed by atoms with Gasteiger partial charge in [0, 0.05) is 35.4 Å². The molecule has 32 heavy (non-hydrogen) atoms.